The van der Waals surface area contributed by atoms with Crippen LogP contribution in [0.5, 0.6) is 0 Å². The predicted octanol–water partition coefficient (Wildman–Crippen LogP) is 1.14. The monoisotopic (exact) mass is 261 g/mol. The summed E-state index contributed by atoms with van der Waals surface area (Å²) in [5.74, 6) is 0.387. The van der Waals surface area contributed by atoms with E-state index in [-0.39, 0.29) is 11.9 Å². The number of carbonyl (C=O) groups is 1. The standard InChI is InChI=1S/C15H23N3O/c1-11-10-18(2)9-8-13(11)17-15(19)14(16)12-6-4-3-5-7-12/h3-7,11,13-14H,8-10,16H2,1-2H3,(H,17,19). The molecule has 3 unspecified atom stereocenters. The zero-order valence-electron chi connectivity index (χ0n) is 11.7. The average Bonchev–Trinajstić information content (AvgIpc) is 2.42. The van der Waals surface area contributed by atoms with Crippen LogP contribution in [0.4, 0.5) is 0 Å². The Kier molecular flexibility index (Phi) is 4.56. The Hall–Kier alpha value is -1.39. The van der Waals surface area contributed by atoms with Crippen LogP contribution in [0.1, 0.15) is 24.9 Å². The number of nitrogens with two attached hydrogens (primary N) is 1. The fraction of sp³-hybridized carbons (Fsp3) is 0.533. The molecule has 4 heteroatoms. The lowest BCUT2D eigenvalue weighted by Gasteiger charge is -2.35. The number of likely N-dealkylation sites (tertiary alicyclic amines) is 1. The Morgan fingerprint density at radius 3 is 2.74 bits per heavy atom. The first kappa shape index (κ1) is 14.0. The van der Waals surface area contributed by atoms with Gasteiger partial charge in [0, 0.05) is 12.6 Å². The number of amides is 1. The molecule has 104 valence electrons. The van der Waals surface area contributed by atoms with E-state index in [0.717, 1.165) is 25.1 Å². The maximum Gasteiger partial charge on any atom is 0.241 e. The lowest BCUT2D eigenvalue weighted by atomic mass is 9.93. The zero-order valence-corrected chi connectivity index (χ0v) is 11.7. The molecule has 0 spiro atoms. The largest absolute Gasteiger partial charge is 0.351 e. The summed E-state index contributed by atoms with van der Waals surface area (Å²) >= 11 is 0. The van der Waals surface area contributed by atoms with Crippen LogP contribution in [-0.4, -0.2) is 37.0 Å². The smallest absolute Gasteiger partial charge is 0.241 e. The molecule has 0 radical (unpaired) electrons. The number of hydrogen-bond acceptors (Lipinski definition) is 3. The molecule has 0 bridgehead atoms. The van der Waals surface area contributed by atoms with E-state index in [1.807, 2.05) is 30.3 Å². The van der Waals surface area contributed by atoms with Crippen LogP contribution in [-0.2, 0) is 4.79 Å². The number of benzene rings is 1. The lowest BCUT2D eigenvalue weighted by molar-refractivity contribution is -0.123. The van der Waals surface area contributed by atoms with Crippen molar-refractivity contribution in [3.05, 3.63) is 35.9 Å². The van der Waals surface area contributed by atoms with Crippen LogP contribution >= 0.6 is 0 Å². The highest BCUT2D eigenvalue weighted by Crippen LogP contribution is 2.17. The van der Waals surface area contributed by atoms with Gasteiger partial charge in [0.2, 0.25) is 5.91 Å². The van der Waals surface area contributed by atoms with Crippen molar-refractivity contribution < 1.29 is 4.79 Å². The molecule has 0 saturated carbocycles. The number of nitrogens with zero attached hydrogens (tertiary/aromatic N) is 1. The predicted molar refractivity (Wildman–Crippen MR) is 76.6 cm³/mol. The Bertz CT molecular complexity index is 421. The van der Waals surface area contributed by atoms with Crippen molar-refractivity contribution in [1.29, 1.82) is 0 Å². The Morgan fingerprint density at radius 1 is 1.42 bits per heavy atom. The molecule has 2 rings (SSSR count). The van der Waals surface area contributed by atoms with Gasteiger partial charge in [-0.15, -0.1) is 0 Å². The third-order valence-electron chi connectivity index (χ3n) is 3.88. The molecule has 0 aliphatic carbocycles. The molecule has 1 aliphatic rings. The van der Waals surface area contributed by atoms with Crippen molar-refractivity contribution in [1.82, 2.24) is 10.2 Å². The van der Waals surface area contributed by atoms with Gasteiger partial charge >= 0.3 is 0 Å². The lowest BCUT2D eigenvalue weighted by Crippen LogP contribution is -2.50. The van der Waals surface area contributed by atoms with E-state index in [0.29, 0.717) is 5.92 Å². The van der Waals surface area contributed by atoms with Gasteiger partial charge in [-0.25, -0.2) is 0 Å². The highest BCUT2D eigenvalue weighted by Gasteiger charge is 2.27. The summed E-state index contributed by atoms with van der Waals surface area (Å²) in [6.07, 6.45) is 0.991. The van der Waals surface area contributed by atoms with Gasteiger partial charge < -0.3 is 16.0 Å². The minimum absolute atomic E-state index is 0.0763. The molecular formula is C15H23N3O. The Morgan fingerprint density at radius 2 is 2.11 bits per heavy atom. The molecule has 0 aromatic heterocycles. The highest BCUT2D eigenvalue weighted by atomic mass is 16.2. The Labute approximate surface area is 115 Å². The van der Waals surface area contributed by atoms with Crippen LogP contribution < -0.4 is 11.1 Å². The van der Waals surface area contributed by atoms with Crippen LogP contribution in [0.25, 0.3) is 0 Å². The van der Waals surface area contributed by atoms with Crippen molar-refractivity contribution in [2.45, 2.75) is 25.4 Å². The first-order valence-electron chi connectivity index (χ1n) is 6.87. The fourth-order valence-corrected chi connectivity index (χ4v) is 2.65. The van der Waals surface area contributed by atoms with Gasteiger partial charge in [0.25, 0.3) is 0 Å². The van der Waals surface area contributed by atoms with Gasteiger partial charge in [0.05, 0.1) is 0 Å². The van der Waals surface area contributed by atoms with Gasteiger partial charge in [-0.1, -0.05) is 37.3 Å². The first-order valence-corrected chi connectivity index (χ1v) is 6.87. The summed E-state index contributed by atoms with van der Waals surface area (Å²) in [6, 6.07) is 9.17. The normalized spacial score (nSPS) is 25.8. The van der Waals surface area contributed by atoms with Gasteiger partial charge in [0.15, 0.2) is 0 Å². The molecule has 19 heavy (non-hydrogen) atoms. The molecule has 3 atom stereocenters. The number of nitrogens with one attached hydrogen (secondary N) is 1. The third-order valence-corrected chi connectivity index (χ3v) is 3.88. The second kappa shape index (κ2) is 6.17. The third kappa shape index (κ3) is 3.55. The van der Waals surface area contributed by atoms with Gasteiger partial charge in [-0.3, -0.25) is 4.79 Å². The Balaban J connectivity index is 1.94. The maximum atomic E-state index is 12.2. The number of rotatable bonds is 3. The van der Waals surface area contributed by atoms with Gasteiger partial charge in [-0.2, -0.15) is 0 Å². The minimum Gasteiger partial charge on any atom is -0.351 e. The highest BCUT2D eigenvalue weighted by molar-refractivity contribution is 5.83. The number of piperidine rings is 1. The van der Waals surface area contributed by atoms with E-state index in [2.05, 4.69) is 24.2 Å². The topological polar surface area (TPSA) is 58.4 Å². The van der Waals surface area contributed by atoms with Crippen LogP contribution in [0.3, 0.4) is 0 Å². The van der Waals surface area contributed by atoms with Crippen molar-refractivity contribution >= 4 is 5.91 Å². The molecule has 1 amide bonds. The van der Waals surface area contributed by atoms with Gasteiger partial charge in [0.1, 0.15) is 6.04 Å². The average molecular weight is 261 g/mol. The van der Waals surface area contributed by atoms with E-state index >= 15 is 0 Å². The fourth-order valence-electron chi connectivity index (χ4n) is 2.65. The van der Waals surface area contributed by atoms with Crippen molar-refractivity contribution in [3.8, 4) is 0 Å². The molecule has 3 N–H and O–H groups in total. The van der Waals surface area contributed by atoms with Crippen LogP contribution in [0, 0.1) is 5.92 Å². The molecule has 1 saturated heterocycles. The number of carbonyl (C=O) groups excluding carboxylic acids is 1. The summed E-state index contributed by atoms with van der Waals surface area (Å²) < 4.78 is 0. The molecule has 1 heterocycles. The first-order chi connectivity index (χ1) is 9.08. The molecule has 1 aromatic carbocycles. The second-order valence-corrected chi connectivity index (χ2v) is 5.53. The SMILES string of the molecule is CC1CN(C)CCC1NC(=O)C(N)c1ccccc1. The minimum atomic E-state index is -0.576. The van der Waals surface area contributed by atoms with E-state index in [9.17, 15) is 4.79 Å². The van der Waals surface area contributed by atoms with Crippen molar-refractivity contribution in [2.75, 3.05) is 20.1 Å². The summed E-state index contributed by atoms with van der Waals surface area (Å²) in [5, 5.41) is 3.10. The van der Waals surface area contributed by atoms with Crippen LogP contribution in [0.2, 0.25) is 0 Å². The molecule has 4 nitrogen and oxygen atoms in total. The van der Waals surface area contributed by atoms with E-state index in [4.69, 9.17) is 5.73 Å². The summed E-state index contributed by atoms with van der Waals surface area (Å²) in [4.78, 5) is 14.5. The quantitative estimate of drug-likeness (QED) is 0.858. The van der Waals surface area contributed by atoms with Crippen molar-refractivity contribution in [2.24, 2.45) is 11.7 Å². The van der Waals surface area contributed by atoms with E-state index in [1.165, 1.54) is 0 Å². The van der Waals surface area contributed by atoms with E-state index < -0.39 is 6.04 Å². The second-order valence-electron chi connectivity index (χ2n) is 5.53. The molecule has 1 fully saturated rings. The molecular weight excluding hydrogens is 238 g/mol. The molecule has 1 aliphatic heterocycles. The number of hydrogen-bond donors (Lipinski definition) is 2. The van der Waals surface area contributed by atoms with Crippen molar-refractivity contribution in [3.63, 3.8) is 0 Å². The van der Waals surface area contributed by atoms with E-state index in [1.54, 1.807) is 0 Å². The summed E-state index contributed by atoms with van der Waals surface area (Å²) in [6.45, 7) is 4.22. The molecule has 1 aromatic rings. The van der Waals surface area contributed by atoms with Crippen LogP contribution in [0.15, 0.2) is 30.3 Å². The summed E-state index contributed by atoms with van der Waals surface area (Å²) in [5.41, 5.74) is 6.87. The van der Waals surface area contributed by atoms with Gasteiger partial charge in [-0.05, 0) is 31.5 Å². The summed E-state index contributed by atoms with van der Waals surface area (Å²) in [7, 11) is 2.12. The zero-order chi connectivity index (χ0) is 13.8. The maximum absolute atomic E-state index is 12.2.